The van der Waals surface area contributed by atoms with Gasteiger partial charge >= 0.3 is 6.01 Å². The number of piperidine rings is 1. The minimum Gasteiger partial charge on any atom is -0.403 e. The predicted octanol–water partition coefficient (Wildman–Crippen LogP) is 2.98. The van der Waals surface area contributed by atoms with Crippen LogP contribution in [0, 0.1) is 0 Å². The number of carbonyl (C=O) groups excluding carboxylic acids is 1. The van der Waals surface area contributed by atoms with Crippen molar-refractivity contribution in [3.05, 3.63) is 47.8 Å². The van der Waals surface area contributed by atoms with E-state index in [2.05, 4.69) is 15.5 Å². The molecule has 1 aromatic carbocycles. The number of sulfonamides is 1. The van der Waals surface area contributed by atoms with Gasteiger partial charge in [-0.1, -0.05) is 35.8 Å². The van der Waals surface area contributed by atoms with Gasteiger partial charge in [0.1, 0.15) is 10.3 Å². The van der Waals surface area contributed by atoms with Crippen LogP contribution in [0.15, 0.2) is 56.5 Å². The van der Waals surface area contributed by atoms with E-state index in [-0.39, 0.29) is 16.1 Å². The Balaban J connectivity index is 1.53. The molecule has 1 saturated heterocycles. The molecule has 0 spiro atoms. The Kier molecular flexibility index (Phi) is 5.25. The molecule has 10 heteroatoms. The van der Waals surface area contributed by atoms with Gasteiger partial charge in [-0.15, -0.1) is 16.4 Å². The number of anilines is 1. The molecule has 0 bridgehead atoms. The Hall–Kier alpha value is -2.56. The van der Waals surface area contributed by atoms with E-state index < -0.39 is 22.0 Å². The van der Waals surface area contributed by atoms with Gasteiger partial charge in [0.2, 0.25) is 11.8 Å². The Labute approximate surface area is 166 Å². The summed E-state index contributed by atoms with van der Waals surface area (Å²) in [4.78, 5) is 12.8. The second kappa shape index (κ2) is 7.82. The van der Waals surface area contributed by atoms with E-state index >= 15 is 0 Å². The normalized spacial score (nSPS) is 18.1. The molecule has 1 fully saturated rings. The molecule has 1 atom stereocenters. The molecule has 1 aliphatic rings. The molecule has 0 saturated carbocycles. The van der Waals surface area contributed by atoms with Crippen LogP contribution in [0.5, 0.6) is 0 Å². The molecule has 28 heavy (non-hydrogen) atoms. The fourth-order valence-corrected chi connectivity index (χ4v) is 5.92. The molecule has 3 heterocycles. The van der Waals surface area contributed by atoms with Crippen LogP contribution in [0.1, 0.15) is 19.3 Å². The summed E-state index contributed by atoms with van der Waals surface area (Å²) in [7, 11) is -3.72. The summed E-state index contributed by atoms with van der Waals surface area (Å²) in [6.07, 6.45) is 1.93. The molecule has 0 aliphatic carbocycles. The number of nitrogens with one attached hydrogen (secondary N) is 1. The summed E-state index contributed by atoms with van der Waals surface area (Å²) in [5.74, 6) is -0.189. The van der Waals surface area contributed by atoms with Gasteiger partial charge in [0, 0.05) is 12.1 Å². The standard InChI is InChI=1S/C18H18N4O4S2/c23-16(19-18-21-20-17(26-18)13-7-2-1-3-8-13)14-9-4-5-11-22(14)28(24,25)15-10-6-12-27-15/h1-3,6-8,10,12,14H,4-5,9,11H2,(H,19,21,23). The molecule has 8 nitrogen and oxygen atoms in total. The van der Waals surface area contributed by atoms with Crippen molar-refractivity contribution < 1.29 is 17.6 Å². The number of thiophene rings is 1. The van der Waals surface area contributed by atoms with Gasteiger partial charge in [0.05, 0.1) is 0 Å². The highest BCUT2D eigenvalue weighted by atomic mass is 32.2. The molecule has 3 aromatic rings. The summed E-state index contributed by atoms with van der Waals surface area (Å²) < 4.78 is 32.8. The van der Waals surface area contributed by atoms with Gasteiger partial charge in [-0.25, -0.2) is 8.42 Å². The van der Waals surface area contributed by atoms with Gasteiger partial charge in [-0.3, -0.25) is 10.1 Å². The second-order valence-corrected chi connectivity index (χ2v) is 9.39. The zero-order valence-corrected chi connectivity index (χ0v) is 16.4. The highest BCUT2D eigenvalue weighted by Crippen LogP contribution is 2.28. The Morgan fingerprint density at radius 1 is 1.14 bits per heavy atom. The molecule has 4 rings (SSSR count). The van der Waals surface area contributed by atoms with Crippen molar-refractivity contribution >= 4 is 33.3 Å². The highest BCUT2D eigenvalue weighted by molar-refractivity contribution is 7.91. The average Bonchev–Trinajstić information content (AvgIpc) is 3.41. The van der Waals surface area contributed by atoms with E-state index in [1.807, 2.05) is 30.3 Å². The van der Waals surface area contributed by atoms with Crippen molar-refractivity contribution in [2.45, 2.75) is 29.5 Å². The Morgan fingerprint density at radius 2 is 1.96 bits per heavy atom. The maximum absolute atomic E-state index is 12.9. The van der Waals surface area contributed by atoms with Crippen LogP contribution in [0.3, 0.4) is 0 Å². The third-order valence-corrected chi connectivity index (χ3v) is 7.77. The second-order valence-electron chi connectivity index (χ2n) is 6.33. The number of amides is 1. The van der Waals surface area contributed by atoms with E-state index in [1.54, 1.807) is 17.5 Å². The molecule has 0 radical (unpaired) electrons. The van der Waals surface area contributed by atoms with Crippen molar-refractivity contribution in [3.63, 3.8) is 0 Å². The topological polar surface area (TPSA) is 105 Å². The first-order valence-corrected chi connectivity index (χ1v) is 11.1. The zero-order valence-electron chi connectivity index (χ0n) is 14.8. The quantitative estimate of drug-likeness (QED) is 0.683. The minimum absolute atomic E-state index is 0.0529. The van der Waals surface area contributed by atoms with Crippen molar-refractivity contribution in [1.29, 1.82) is 0 Å². The van der Waals surface area contributed by atoms with Crippen LogP contribution in [0.25, 0.3) is 11.5 Å². The van der Waals surface area contributed by atoms with Crippen LogP contribution >= 0.6 is 11.3 Å². The van der Waals surface area contributed by atoms with Crippen molar-refractivity contribution in [2.75, 3.05) is 11.9 Å². The maximum Gasteiger partial charge on any atom is 0.322 e. The lowest BCUT2D eigenvalue weighted by molar-refractivity contribution is -0.120. The fourth-order valence-electron chi connectivity index (χ4n) is 3.14. The maximum atomic E-state index is 12.9. The SMILES string of the molecule is O=C(Nc1nnc(-c2ccccc2)o1)C1CCCCN1S(=O)(=O)c1cccs1. The number of hydrogen-bond acceptors (Lipinski definition) is 7. The molecule has 2 aromatic heterocycles. The lowest BCUT2D eigenvalue weighted by Gasteiger charge is -2.32. The summed E-state index contributed by atoms with van der Waals surface area (Å²) in [5, 5.41) is 12.1. The lowest BCUT2D eigenvalue weighted by Crippen LogP contribution is -2.49. The monoisotopic (exact) mass is 418 g/mol. The molecular formula is C18H18N4O4S2. The molecular weight excluding hydrogens is 400 g/mol. The first kappa shape index (κ1) is 18.8. The van der Waals surface area contributed by atoms with Crippen molar-refractivity contribution in [1.82, 2.24) is 14.5 Å². The van der Waals surface area contributed by atoms with Crippen LogP contribution in [0.4, 0.5) is 6.01 Å². The van der Waals surface area contributed by atoms with E-state index in [4.69, 9.17) is 4.42 Å². The van der Waals surface area contributed by atoms with Crippen molar-refractivity contribution in [3.8, 4) is 11.5 Å². The van der Waals surface area contributed by atoms with Crippen LogP contribution < -0.4 is 5.32 Å². The summed E-state index contributed by atoms with van der Waals surface area (Å²) in [5.41, 5.74) is 0.732. The first-order chi connectivity index (χ1) is 13.6. The number of rotatable bonds is 5. The molecule has 1 unspecified atom stereocenters. The number of benzene rings is 1. The first-order valence-electron chi connectivity index (χ1n) is 8.81. The molecule has 1 amide bonds. The summed E-state index contributed by atoms with van der Waals surface area (Å²) in [6, 6.07) is 11.5. The van der Waals surface area contributed by atoms with Crippen LogP contribution in [-0.2, 0) is 14.8 Å². The van der Waals surface area contributed by atoms with Gasteiger partial charge in [-0.05, 0) is 36.4 Å². The number of carbonyl (C=O) groups is 1. The summed E-state index contributed by atoms with van der Waals surface area (Å²) in [6.45, 7) is 0.303. The third-order valence-electron chi connectivity index (χ3n) is 4.49. The highest BCUT2D eigenvalue weighted by Gasteiger charge is 2.38. The van der Waals surface area contributed by atoms with Gasteiger partial charge in [0.25, 0.3) is 10.0 Å². The predicted molar refractivity (Wildman–Crippen MR) is 104 cm³/mol. The van der Waals surface area contributed by atoms with E-state index in [1.165, 1.54) is 4.31 Å². The smallest absolute Gasteiger partial charge is 0.322 e. The van der Waals surface area contributed by atoms with Gasteiger partial charge in [0.15, 0.2) is 0 Å². The summed E-state index contributed by atoms with van der Waals surface area (Å²) >= 11 is 1.14. The van der Waals surface area contributed by atoms with Gasteiger partial charge < -0.3 is 4.42 Å². The van der Waals surface area contributed by atoms with Gasteiger partial charge in [-0.2, -0.15) is 4.31 Å². The number of nitrogens with zero attached hydrogens (tertiary/aromatic N) is 3. The van der Waals surface area contributed by atoms with Crippen molar-refractivity contribution in [2.24, 2.45) is 0 Å². The average molecular weight is 419 g/mol. The number of aromatic nitrogens is 2. The Morgan fingerprint density at radius 3 is 2.71 bits per heavy atom. The largest absolute Gasteiger partial charge is 0.403 e. The zero-order chi connectivity index (χ0) is 19.6. The van der Waals surface area contributed by atoms with E-state index in [0.29, 0.717) is 19.4 Å². The fraction of sp³-hybridized carbons (Fsp3) is 0.278. The van der Waals surface area contributed by atoms with E-state index in [9.17, 15) is 13.2 Å². The molecule has 1 aliphatic heterocycles. The molecule has 146 valence electrons. The minimum atomic E-state index is -3.72. The third kappa shape index (κ3) is 3.71. The molecule has 1 N–H and O–H groups in total. The Bertz CT molecular complexity index is 1050. The lowest BCUT2D eigenvalue weighted by atomic mass is 10.0. The van der Waals surface area contributed by atoms with Crippen LogP contribution in [0.2, 0.25) is 0 Å². The number of hydrogen-bond donors (Lipinski definition) is 1. The van der Waals surface area contributed by atoms with Crippen LogP contribution in [-0.4, -0.2) is 41.4 Å². The van der Waals surface area contributed by atoms with E-state index in [0.717, 1.165) is 23.3 Å².